The van der Waals surface area contributed by atoms with Crippen LogP contribution in [0.3, 0.4) is 0 Å². The monoisotopic (exact) mass is 234 g/mol. The molecule has 0 aromatic heterocycles. The predicted molar refractivity (Wildman–Crippen MR) is 72.4 cm³/mol. The van der Waals surface area contributed by atoms with Crippen molar-refractivity contribution in [3.63, 3.8) is 0 Å². The van der Waals surface area contributed by atoms with E-state index in [-0.39, 0.29) is 5.75 Å². The van der Waals surface area contributed by atoms with Crippen LogP contribution in [0, 0.1) is 5.92 Å². The first-order valence-corrected chi connectivity index (χ1v) is 6.29. The van der Waals surface area contributed by atoms with Gasteiger partial charge in [-0.05, 0) is 30.5 Å². The molecular formula is C15H22O2. The maximum absolute atomic E-state index is 9.52. The number of hydrogen-bond acceptors (Lipinski definition) is 2. The minimum Gasteiger partial charge on any atom is -0.507 e. The van der Waals surface area contributed by atoms with Gasteiger partial charge in [-0.1, -0.05) is 39.3 Å². The summed E-state index contributed by atoms with van der Waals surface area (Å²) in [5.41, 5.74) is 0.714. The topological polar surface area (TPSA) is 29.5 Å². The van der Waals surface area contributed by atoms with Crippen molar-refractivity contribution in [1.29, 1.82) is 0 Å². The van der Waals surface area contributed by atoms with Crippen LogP contribution in [-0.4, -0.2) is 11.7 Å². The Kier molecular flexibility index (Phi) is 5.61. The Morgan fingerprint density at radius 3 is 2.76 bits per heavy atom. The molecular weight excluding hydrogens is 212 g/mol. The van der Waals surface area contributed by atoms with Crippen LogP contribution < -0.4 is 4.74 Å². The van der Waals surface area contributed by atoms with Gasteiger partial charge < -0.3 is 9.84 Å². The number of rotatable bonds is 7. The number of phenolic OH excluding ortho intramolecular Hbond substituents is 1. The summed E-state index contributed by atoms with van der Waals surface area (Å²) < 4.78 is 5.75. The number of phenols is 1. The predicted octanol–water partition coefficient (Wildman–Crippen LogP) is 4.24. The van der Waals surface area contributed by atoms with E-state index in [1.807, 2.05) is 6.07 Å². The molecule has 1 atom stereocenters. The van der Waals surface area contributed by atoms with E-state index in [1.54, 1.807) is 18.2 Å². The molecule has 1 rings (SSSR count). The van der Waals surface area contributed by atoms with Gasteiger partial charge in [-0.2, -0.15) is 0 Å². The zero-order valence-corrected chi connectivity index (χ0v) is 10.8. The van der Waals surface area contributed by atoms with E-state index in [2.05, 4.69) is 20.4 Å². The maximum atomic E-state index is 9.52. The standard InChI is InChI=1S/C15H22O2/c1-4-7-12(5-2)11-17-14-8-9-15(16)13(6-3)10-14/h6,8-10,12,16H,3-5,7,11H2,1-2H3. The Hall–Kier alpha value is -1.44. The highest BCUT2D eigenvalue weighted by Gasteiger charge is 2.07. The maximum Gasteiger partial charge on any atom is 0.123 e. The molecule has 0 aliphatic carbocycles. The second-order valence-corrected chi connectivity index (χ2v) is 4.30. The van der Waals surface area contributed by atoms with Gasteiger partial charge in [0.05, 0.1) is 6.61 Å². The smallest absolute Gasteiger partial charge is 0.123 e. The van der Waals surface area contributed by atoms with Gasteiger partial charge in [0.2, 0.25) is 0 Å². The van der Waals surface area contributed by atoms with Gasteiger partial charge in [0.15, 0.2) is 0 Å². The van der Waals surface area contributed by atoms with Gasteiger partial charge in [-0.25, -0.2) is 0 Å². The average molecular weight is 234 g/mol. The minimum absolute atomic E-state index is 0.243. The number of hydrogen-bond donors (Lipinski definition) is 1. The fourth-order valence-electron chi connectivity index (χ4n) is 1.81. The van der Waals surface area contributed by atoms with E-state index in [0.717, 1.165) is 18.8 Å². The van der Waals surface area contributed by atoms with Crippen molar-refractivity contribution in [2.45, 2.75) is 33.1 Å². The molecule has 2 nitrogen and oxygen atoms in total. The van der Waals surface area contributed by atoms with Crippen molar-refractivity contribution in [1.82, 2.24) is 0 Å². The fourth-order valence-corrected chi connectivity index (χ4v) is 1.81. The summed E-state index contributed by atoms with van der Waals surface area (Å²) in [5.74, 6) is 1.65. The third kappa shape index (κ3) is 4.14. The van der Waals surface area contributed by atoms with Crippen molar-refractivity contribution in [3.05, 3.63) is 30.3 Å². The van der Waals surface area contributed by atoms with E-state index < -0.39 is 0 Å². The van der Waals surface area contributed by atoms with Crippen LogP contribution in [0.4, 0.5) is 0 Å². The first-order chi connectivity index (χ1) is 8.21. The second-order valence-electron chi connectivity index (χ2n) is 4.30. The summed E-state index contributed by atoms with van der Waals surface area (Å²) in [4.78, 5) is 0. The van der Waals surface area contributed by atoms with E-state index in [0.29, 0.717) is 11.5 Å². The van der Waals surface area contributed by atoms with E-state index >= 15 is 0 Å². The number of ether oxygens (including phenoxy) is 1. The molecule has 0 aliphatic rings. The Labute approximate surface area is 104 Å². The molecule has 0 amide bonds. The molecule has 0 aliphatic heterocycles. The first kappa shape index (κ1) is 13.6. The Balaban J connectivity index is 2.59. The van der Waals surface area contributed by atoms with E-state index in [9.17, 15) is 5.11 Å². The average Bonchev–Trinajstić information content (AvgIpc) is 2.36. The Bertz CT molecular complexity index is 358. The lowest BCUT2D eigenvalue weighted by atomic mass is 10.0. The van der Waals surface area contributed by atoms with Gasteiger partial charge in [0, 0.05) is 5.56 Å². The summed E-state index contributed by atoms with van der Waals surface area (Å²) >= 11 is 0. The molecule has 1 aromatic carbocycles. The molecule has 0 spiro atoms. The van der Waals surface area contributed by atoms with E-state index in [1.165, 1.54) is 12.8 Å². The van der Waals surface area contributed by atoms with Gasteiger partial charge in [0.1, 0.15) is 11.5 Å². The van der Waals surface area contributed by atoms with Crippen molar-refractivity contribution in [3.8, 4) is 11.5 Å². The highest BCUT2D eigenvalue weighted by atomic mass is 16.5. The highest BCUT2D eigenvalue weighted by Crippen LogP contribution is 2.24. The van der Waals surface area contributed by atoms with Crippen molar-refractivity contribution in [2.24, 2.45) is 5.92 Å². The molecule has 2 heteroatoms. The SMILES string of the molecule is C=Cc1cc(OCC(CC)CCC)ccc1O. The number of aromatic hydroxyl groups is 1. The largest absolute Gasteiger partial charge is 0.507 e. The summed E-state index contributed by atoms with van der Waals surface area (Å²) in [6.07, 6.45) is 5.16. The highest BCUT2D eigenvalue weighted by molar-refractivity contribution is 5.57. The van der Waals surface area contributed by atoms with Gasteiger partial charge in [-0.3, -0.25) is 0 Å². The second kappa shape index (κ2) is 7.00. The molecule has 0 radical (unpaired) electrons. The van der Waals surface area contributed by atoms with Gasteiger partial charge in [-0.15, -0.1) is 0 Å². The quantitative estimate of drug-likeness (QED) is 0.764. The van der Waals surface area contributed by atoms with E-state index in [4.69, 9.17) is 4.74 Å². The summed E-state index contributed by atoms with van der Waals surface area (Å²) in [6, 6.07) is 5.26. The zero-order valence-electron chi connectivity index (χ0n) is 10.8. The van der Waals surface area contributed by atoms with Gasteiger partial charge in [0.25, 0.3) is 0 Å². The van der Waals surface area contributed by atoms with Crippen LogP contribution in [-0.2, 0) is 0 Å². The van der Waals surface area contributed by atoms with Crippen LogP contribution in [0.15, 0.2) is 24.8 Å². The van der Waals surface area contributed by atoms with Crippen LogP contribution in [0.25, 0.3) is 6.08 Å². The fraction of sp³-hybridized carbons (Fsp3) is 0.467. The van der Waals surface area contributed by atoms with Gasteiger partial charge >= 0.3 is 0 Å². The lowest BCUT2D eigenvalue weighted by Gasteiger charge is -2.15. The molecule has 17 heavy (non-hydrogen) atoms. The van der Waals surface area contributed by atoms with Crippen LogP contribution in [0.5, 0.6) is 11.5 Å². The first-order valence-electron chi connectivity index (χ1n) is 6.29. The molecule has 0 saturated heterocycles. The minimum atomic E-state index is 0.243. The Morgan fingerprint density at radius 2 is 2.18 bits per heavy atom. The third-order valence-corrected chi connectivity index (χ3v) is 2.98. The third-order valence-electron chi connectivity index (χ3n) is 2.98. The molecule has 0 bridgehead atoms. The van der Waals surface area contributed by atoms with Crippen molar-refractivity contribution >= 4 is 6.08 Å². The molecule has 94 valence electrons. The Morgan fingerprint density at radius 1 is 1.41 bits per heavy atom. The number of benzene rings is 1. The lowest BCUT2D eigenvalue weighted by Crippen LogP contribution is -2.10. The van der Waals surface area contributed by atoms with Crippen LogP contribution in [0.2, 0.25) is 0 Å². The van der Waals surface area contributed by atoms with Crippen LogP contribution in [0.1, 0.15) is 38.7 Å². The van der Waals surface area contributed by atoms with Crippen LogP contribution >= 0.6 is 0 Å². The lowest BCUT2D eigenvalue weighted by molar-refractivity contribution is 0.235. The van der Waals surface area contributed by atoms with Crippen molar-refractivity contribution in [2.75, 3.05) is 6.61 Å². The molecule has 0 heterocycles. The summed E-state index contributed by atoms with van der Waals surface area (Å²) in [7, 11) is 0. The molecule has 1 aromatic rings. The normalized spacial score (nSPS) is 12.1. The van der Waals surface area contributed by atoms with Crippen molar-refractivity contribution < 1.29 is 9.84 Å². The zero-order chi connectivity index (χ0) is 12.7. The molecule has 1 unspecified atom stereocenters. The molecule has 1 N–H and O–H groups in total. The summed E-state index contributed by atoms with van der Waals surface area (Å²) in [6.45, 7) is 8.78. The summed E-state index contributed by atoms with van der Waals surface area (Å²) in [5, 5.41) is 9.52. The molecule has 0 fully saturated rings. The molecule has 0 saturated carbocycles.